The predicted octanol–water partition coefficient (Wildman–Crippen LogP) is 3.10. The van der Waals surface area contributed by atoms with Gasteiger partial charge in [-0.3, -0.25) is 4.90 Å². The van der Waals surface area contributed by atoms with Crippen LogP contribution in [0.15, 0.2) is 42.5 Å². The van der Waals surface area contributed by atoms with Crippen LogP contribution in [0.4, 0.5) is 0 Å². The van der Waals surface area contributed by atoms with Crippen molar-refractivity contribution in [3.8, 4) is 5.75 Å². The van der Waals surface area contributed by atoms with Gasteiger partial charge in [-0.05, 0) is 48.6 Å². The van der Waals surface area contributed by atoms with Crippen molar-refractivity contribution in [2.45, 2.75) is 32.9 Å². The van der Waals surface area contributed by atoms with Gasteiger partial charge in [-0.15, -0.1) is 0 Å². The van der Waals surface area contributed by atoms with Gasteiger partial charge in [-0.25, -0.2) is 0 Å². The van der Waals surface area contributed by atoms with Crippen molar-refractivity contribution < 1.29 is 9.84 Å². The first-order valence-electron chi connectivity index (χ1n) is 8.29. The first-order valence-corrected chi connectivity index (χ1v) is 8.29. The molecule has 2 aromatic rings. The number of aliphatic hydroxyl groups excluding tert-OH is 1. The van der Waals surface area contributed by atoms with E-state index in [1.807, 2.05) is 19.9 Å². The zero-order chi connectivity index (χ0) is 16.2. The molecule has 1 N–H and O–H groups in total. The summed E-state index contributed by atoms with van der Waals surface area (Å²) in [7, 11) is 0. The van der Waals surface area contributed by atoms with Crippen LogP contribution in [0.1, 0.15) is 22.3 Å². The van der Waals surface area contributed by atoms with E-state index in [-0.39, 0.29) is 0 Å². The van der Waals surface area contributed by atoms with Crippen molar-refractivity contribution in [2.75, 3.05) is 19.7 Å². The lowest BCUT2D eigenvalue weighted by Gasteiger charge is -2.30. The number of benzene rings is 2. The maximum Gasteiger partial charge on any atom is 0.122 e. The van der Waals surface area contributed by atoms with Crippen molar-refractivity contribution in [3.63, 3.8) is 0 Å². The molecule has 1 heterocycles. The maximum absolute atomic E-state index is 10.3. The highest BCUT2D eigenvalue weighted by Gasteiger charge is 2.18. The second kappa shape index (κ2) is 7.16. The molecule has 1 aliphatic rings. The van der Waals surface area contributed by atoms with E-state index >= 15 is 0 Å². The Morgan fingerprint density at radius 3 is 2.74 bits per heavy atom. The summed E-state index contributed by atoms with van der Waals surface area (Å²) < 4.78 is 5.81. The number of aliphatic hydroxyl groups is 1. The molecule has 3 heteroatoms. The van der Waals surface area contributed by atoms with Crippen LogP contribution in [0.3, 0.4) is 0 Å². The van der Waals surface area contributed by atoms with E-state index < -0.39 is 6.10 Å². The minimum atomic E-state index is -0.472. The number of aryl methyl sites for hydroxylation is 2. The second-order valence-electron chi connectivity index (χ2n) is 6.49. The van der Waals surface area contributed by atoms with Gasteiger partial charge < -0.3 is 9.84 Å². The molecule has 1 unspecified atom stereocenters. The first kappa shape index (κ1) is 16.0. The molecule has 0 aromatic heterocycles. The largest absolute Gasteiger partial charge is 0.491 e. The molecule has 2 aromatic carbocycles. The van der Waals surface area contributed by atoms with E-state index in [1.54, 1.807) is 0 Å². The first-order chi connectivity index (χ1) is 11.1. The fraction of sp³-hybridized carbons (Fsp3) is 0.400. The third-order valence-electron chi connectivity index (χ3n) is 4.45. The van der Waals surface area contributed by atoms with Crippen LogP contribution in [-0.2, 0) is 13.0 Å². The molecule has 23 heavy (non-hydrogen) atoms. The minimum Gasteiger partial charge on any atom is -0.491 e. The maximum atomic E-state index is 10.3. The highest BCUT2D eigenvalue weighted by molar-refractivity contribution is 5.36. The molecule has 122 valence electrons. The van der Waals surface area contributed by atoms with Gasteiger partial charge in [0.1, 0.15) is 18.5 Å². The fourth-order valence-electron chi connectivity index (χ4n) is 3.11. The molecule has 0 saturated carbocycles. The molecule has 0 amide bonds. The highest BCUT2D eigenvalue weighted by atomic mass is 16.5. The molecule has 3 rings (SSSR count). The van der Waals surface area contributed by atoms with Crippen molar-refractivity contribution >= 4 is 0 Å². The summed E-state index contributed by atoms with van der Waals surface area (Å²) in [5.74, 6) is 0.869. The van der Waals surface area contributed by atoms with Gasteiger partial charge >= 0.3 is 0 Å². The summed E-state index contributed by atoms with van der Waals surface area (Å²) >= 11 is 0. The summed E-state index contributed by atoms with van der Waals surface area (Å²) in [5, 5.41) is 10.3. The molecule has 0 radical (unpaired) electrons. The van der Waals surface area contributed by atoms with Crippen LogP contribution in [0.2, 0.25) is 0 Å². The van der Waals surface area contributed by atoms with E-state index in [4.69, 9.17) is 4.74 Å². The van der Waals surface area contributed by atoms with Gasteiger partial charge in [-0.2, -0.15) is 0 Å². The van der Waals surface area contributed by atoms with Crippen molar-refractivity contribution in [1.29, 1.82) is 0 Å². The van der Waals surface area contributed by atoms with Crippen LogP contribution in [0.5, 0.6) is 5.75 Å². The Labute approximate surface area is 138 Å². The van der Waals surface area contributed by atoms with E-state index in [0.717, 1.165) is 30.8 Å². The number of hydrogen-bond acceptors (Lipinski definition) is 3. The Balaban J connectivity index is 1.52. The summed E-state index contributed by atoms with van der Waals surface area (Å²) in [6.07, 6.45) is 0.584. The van der Waals surface area contributed by atoms with Crippen molar-refractivity contribution in [3.05, 3.63) is 64.7 Å². The fourth-order valence-corrected chi connectivity index (χ4v) is 3.11. The quantitative estimate of drug-likeness (QED) is 0.921. The molecule has 0 bridgehead atoms. The van der Waals surface area contributed by atoms with Gasteiger partial charge in [0, 0.05) is 19.6 Å². The van der Waals surface area contributed by atoms with Crippen LogP contribution >= 0.6 is 0 Å². The molecule has 1 aliphatic heterocycles. The Hall–Kier alpha value is -1.84. The average Bonchev–Trinajstić information content (AvgIpc) is 2.55. The van der Waals surface area contributed by atoms with Gasteiger partial charge in [-0.1, -0.05) is 36.4 Å². The topological polar surface area (TPSA) is 32.7 Å². The molecule has 0 saturated heterocycles. The molecule has 0 fully saturated rings. The summed E-state index contributed by atoms with van der Waals surface area (Å²) in [4.78, 5) is 2.31. The number of fused-ring (bicyclic) bond motifs is 1. The SMILES string of the molecule is Cc1ccc(C)c(OCC(O)CN2CCc3ccccc3C2)c1. The smallest absolute Gasteiger partial charge is 0.122 e. The van der Waals surface area contributed by atoms with Gasteiger partial charge in [0.05, 0.1) is 0 Å². The van der Waals surface area contributed by atoms with Crippen LogP contribution < -0.4 is 4.74 Å². The summed E-state index contributed by atoms with van der Waals surface area (Å²) in [6.45, 7) is 6.98. The molecule has 3 nitrogen and oxygen atoms in total. The molecular formula is C20H25NO2. The number of nitrogens with zero attached hydrogens (tertiary/aromatic N) is 1. The van der Waals surface area contributed by atoms with Crippen molar-refractivity contribution in [1.82, 2.24) is 4.90 Å². The molecule has 0 aliphatic carbocycles. The lowest BCUT2D eigenvalue weighted by Crippen LogP contribution is -2.38. The van der Waals surface area contributed by atoms with Crippen LogP contribution in [0, 0.1) is 13.8 Å². The predicted molar refractivity (Wildman–Crippen MR) is 92.8 cm³/mol. The highest BCUT2D eigenvalue weighted by Crippen LogP contribution is 2.20. The Kier molecular flexibility index (Phi) is 4.99. The van der Waals surface area contributed by atoms with Crippen molar-refractivity contribution in [2.24, 2.45) is 0 Å². The summed E-state index contributed by atoms with van der Waals surface area (Å²) in [6, 6.07) is 14.7. The lowest BCUT2D eigenvalue weighted by atomic mass is 10.00. The number of rotatable bonds is 5. The molecule has 1 atom stereocenters. The Morgan fingerprint density at radius 2 is 1.91 bits per heavy atom. The van der Waals surface area contributed by atoms with E-state index in [1.165, 1.54) is 16.7 Å². The third-order valence-corrected chi connectivity index (χ3v) is 4.45. The lowest BCUT2D eigenvalue weighted by molar-refractivity contribution is 0.0635. The van der Waals surface area contributed by atoms with Gasteiger partial charge in [0.25, 0.3) is 0 Å². The zero-order valence-electron chi connectivity index (χ0n) is 14.0. The normalized spacial score (nSPS) is 16.0. The third kappa shape index (κ3) is 4.12. The van der Waals surface area contributed by atoms with Gasteiger partial charge in [0.2, 0.25) is 0 Å². The van der Waals surface area contributed by atoms with Crippen LogP contribution in [-0.4, -0.2) is 35.8 Å². The number of hydrogen-bond donors (Lipinski definition) is 1. The number of β-amino-alcohol motifs (C(OH)–C–C–N with tert-alkyl or cyclic N) is 1. The average molecular weight is 311 g/mol. The Bertz CT molecular complexity index is 668. The Morgan fingerprint density at radius 1 is 1.13 bits per heavy atom. The second-order valence-corrected chi connectivity index (χ2v) is 6.49. The zero-order valence-corrected chi connectivity index (χ0v) is 14.0. The van der Waals surface area contributed by atoms with E-state index in [9.17, 15) is 5.11 Å². The van der Waals surface area contributed by atoms with Crippen LogP contribution in [0.25, 0.3) is 0 Å². The van der Waals surface area contributed by atoms with Gasteiger partial charge in [0.15, 0.2) is 0 Å². The minimum absolute atomic E-state index is 0.336. The molecule has 0 spiro atoms. The summed E-state index contributed by atoms with van der Waals surface area (Å²) in [5.41, 5.74) is 5.09. The number of ether oxygens (including phenoxy) is 1. The monoisotopic (exact) mass is 311 g/mol. The van der Waals surface area contributed by atoms with E-state index in [2.05, 4.69) is 41.3 Å². The standard InChI is InChI=1S/C20H25NO2/c1-15-7-8-16(2)20(11-15)23-14-19(22)13-21-10-9-17-5-3-4-6-18(17)12-21/h3-8,11,19,22H,9-10,12-14H2,1-2H3. The molecular weight excluding hydrogens is 286 g/mol. The van der Waals surface area contributed by atoms with E-state index in [0.29, 0.717) is 13.2 Å².